The number of nitrogens with zero attached hydrogens (tertiary/aromatic N) is 5. The molecule has 4 rings (SSSR count). The Morgan fingerprint density at radius 3 is 3.00 bits per heavy atom. The van der Waals surface area contributed by atoms with Gasteiger partial charge in [0.25, 0.3) is 0 Å². The first kappa shape index (κ1) is 17.2. The number of fused-ring (bicyclic) bond motifs is 1. The van der Waals surface area contributed by atoms with Crippen LogP contribution in [0.5, 0.6) is 5.88 Å². The van der Waals surface area contributed by atoms with Crippen LogP contribution in [0, 0.1) is 5.82 Å². The van der Waals surface area contributed by atoms with Crippen LogP contribution in [0.4, 0.5) is 10.2 Å². The first-order valence-electron chi connectivity index (χ1n) is 8.31. The fraction of sp³-hybridized carbons (Fsp3) is 0.294. The van der Waals surface area contributed by atoms with Gasteiger partial charge in [-0.05, 0) is 18.6 Å². The number of halogens is 1. The zero-order chi connectivity index (χ0) is 19.0. The number of anilines is 1. The Labute approximate surface area is 152 Å². The van der Waals surface area contributed by atoms with Gasteiger partial charge >= 0.3 is 5.97 Å². The van der Waals surface area contributed by atoms with Gasteiger partial charge in [-0.25, -0.2) is 23.7 Å². The summed E-state index contributed by atoms with van der Waals surface area (Å²) in [5.41, 5.74) is 0.509. The van der Waals surface area contributed by atoms with Crippen molar-refractivity contribution < 1.29 is 24.1 Å². The van der Waals surface area contributed by atoms with Crippen LogP contribution in [0.2, 0.25) is 0 Å². The van der Waals surface area contributed by atoms with Gasteiger partial charge in [0.15, 0.2) is 5.65 Å². The van der Waals surface area contributed by atoms with Crippen LogP contribution in [0.25, 0.3) is 5.65 Å². The number of rotatable bonds is 3. The van der Waals surface area contributed by atoms with Crippen LogP contribution < -0.4 is 4.90 Å². The molecule has 140 valence electrons. The Bertz CT molecular complexity index is 1010. The summed E-state index contributed by atoms with van der Waals surface area (Å²) in [6.45, 7) is 1.27. The molecular formula is C17H16FN5O4. The quantitative estimate of drug-likeness (QED) is 0.712. The normalized spacial score (nSPS) is 17.8. The topological polar surface area (TPSA) is 113 Å². The molecule has 1 fully saturated rings. The Hall–Kier alpha value is -3.27. The van der Waals surface area contributed by atoms with Crippen LogP contribution in [0.1, 0.15) is 28.4 Å². The molecule has 1 aliphatic heterocycles. The molecule has 0 radical (unpaired) electrons. The summed E-state index contributed by atoms with van der Waals surface area (Å²) in [7, 11) is 0. The lowest BCUT2D eigenvalue weighted by atomic mass is 10.0. The first-order valence-corrected chi connectivity index (χ1v) is 8.31. The highest BCUT2D eigenvalue weighted by atomic mass is 19.1. The molecule has 1 atom stereocenters. The third-order valence-corrected chi connectivity index (χ3v) is 4.49. The van der Waals surface area contributed by atoms with Gasteiger partial charge < -0.3 is 19.8 Å². The van der Waals surface area contributed by atoms with E-state index in [1.165, 1.54) is 16.8 Å². The number of carboxylic acids is 1. The lowest BCUT2D eigenvalue weighted by Crippen LogP contribution is -2.31. The van der Waals surface area contributed by atoms with E-state index in [9.17, 15) is 19.4 Å². The Balaban J connectivity index is 1.81. The molecule has 10 heteroatoms. The third-order valence-electron chi connectivity index (χ3n) is 4.49. The zero-order valence-electron chi connectivity index (χ0n) is 14.1. The van der Waals surface area contributed by atoms with Crippen molar-refractivity contribution in [2.45, 2.75) is 12.5 Å². The van der Waals surface area contributed by atoms with E-state index in [1.807, 2.05) is 4.90 Å². The molecule has 27 heavy (non-hydrogen) atoms. The number of aromatic carboxylic acids is 1. The van der Waals surface area contributed by atoms with E-state index in [4.69, 9.17) is 4.74 Å². The van der Waals surface area contributed by atoms with Crippen LogP contribution in [-0.2, 0) is 4.74 Å². The number of carbonyl (C=O) groups is 1. The van der Waals surface area contributed by atoms with Gasteiger partial charge in [-0.15, -0.1) is 0 Å². The van der Waals surface area contributed by atoms with Crippen LogP contribution in [0.15, 0.2) is 30.7 Å². The Morgan fingerprint density at radius 2 is 2.19 bits per heavy atom. The number of aromatic nitrogens is 4. The number of hydrogen-bond acceptors (Lipinski definition) is 7. The highest BCUT2D eigenvalue weighted by Crippen LogP contribution is 2.34. The maximum absolute atomic E-state index is 13.7. The number of ether oxygens (including phenoxy) is 1. The van der Waals surface area contributed by atoms with Crippen LogP contribution in [0.3, 0.4) is 0 Å². The molecule has 1 saturated heterocycles. The van der Waals surface area contributed by atoms with Gasteiger partial charge in [0.1, 0.15) is 17.2 Å². The molecule has 2 N–H and O–H groups in total. The fourth-order valence-electron chi connectivity index (χ4n) is 3.23. The maximum Gasteiger partial charge on any atom is 0.341 e. The lowest BCUT2D eigenvalue weighted by Gasteiger charge is -2.30. The largest absolute Gasteiger partial charge is 0.493 e. The monoisotopic (exact) mass is 373 g/mol. The van der Waals surface area contributed by atoms with Gasteiger partial charge in [0, 0.05) is 24.9 Å². The molecule has 1 unspecified atom stereocenters. The van der Waals surface area contributed by atoms with E-state index in [-0.39, 0.29) is 17.1 Å². The second-order valence-electron chi connectivity index (χ2n) is 6.09. The molecule has 0 aromatic carbocycles. The summed E-state index contributed by atoms with van der Waals surface area (Å²) < 4.78 is 20.6. The summed E-state index contributed by atoms with van der Waals surface area (Å²) in [5.74, 6) is -1.47. The van der Waals surface area contributed by atoms with E-state index in [2.05, 4.69) is 15.1 Å². The van der Waals surface area contributed by atoms with Crippen molar-refractivity contribution in [1.29, 1.82) is 0 Å². The minimum absolute atomic E-state index is 0.0188. The highest BCUT2D eigenvalue weighted by molar-refractivity contribution is 5.94. The molecule has 0 spiro atoms. The number of pyridine rings is 1. The summed E-state index contributed by atoms with van der Waals surface area (Å²) in [5, 5.41) is 23.4. The predicted octanol–water partition coefficient (Wildman–Crippen LogP) is 1.64. The SMILES string of the molecule is O=C(O)c1cnn2ccc(N3CCOCCC3c3cc(F)cnc3O)nc12. The average molecular weight is 373 g/mol. The first-order chi connectivity index (χ1) is 13.0. The molecule has 0 bridgehead atoms. The van der Waals surface area contributed by atoms with Gasteiger partial charge in [-0.3, -0.25) is 0 Å². The summed E-state index contributed by atoms with van der Waals surface area (Å²) in [4.78, 5) is 21.4. The fourth-order valence-corrected chi connectivity index (χ4v) is 3.23. The predicted molar refractivity (Wildman–Crippen MR) is 91.3 cm³/mol. The smallest absolute Gasteiger partial charge is 0.341 e. The van der Waals surface area contributed by atoms with E-state index in [1.54, 1.807) is 12.3 Å². The summed E-state index contributed by atoms with van der Waals surface area (Å²) in [6, 6.07) is 2.50. The van der Waals surface area contributed by atoms with Gasteiger partial charge in [-0.1, -0.05) is 0 Å². The van der Waals surface area contributed by atoms with Gasteiger partial charge in [-0.2, -0.15) is 5.10 Å². The molecule has 3 aromatic heterocycles. The minimum atomic E-state index is -1.13. The van der Waals surface area contributed by atoms with Crippen molar-refractivity contribution in [2.24, 2.45) is 0 Å². The molecular weight excluding hydrogens is 357 g/mol. The van der Waals surface area contributed by atoms with Crippen molar-refractivity contribution in [1.82, 2.24) is 19.6 Å². The van der Waals surface area contributed by atoms with Crippen molar-refractivity contribution in [2.75, 3.05) is 24.7 Å². The van der Waals surface area contributed by atoms with E-state index >= 15 is 0 Å². The maximum atomic E-state index is 13.7. The highest BCUT2D eigenvalue weighted by Gasteiger charge is 2.28. The van der Waals surface area contributed by atoms with E-state index in [0.717, 1.165) is 6.20 Å². The van der Waals surface area contributed by atoms with Crippen LogP contribution in [-0.4, -0.2) is 55.5 Å². The third kappa shape index (κ3) is 3.14. The van der Waals surface area contributed by atoms with Gasteiger partial charge in [0.2, 0.25) is 5.88 Å². The molecule has 9 nitrogen and oxygen atoms in total. The van der Waals surface area contributed by atoms with Crippen molar-refractivity contribution >= 4 is 17.4 Å². The average Bonchev–Trinajstić information content (AvgIpc) is 2.93. The standard InChI is InChI=1S/C17H16FN5O4/c18-10-7-11(16(24)19-8-10)13-2-5-27-6-4-22(13)14-1-3-23-15(21-14)12(9-20-23)17(25)26/h1,3,7-9,13H,2,4-6H2,(H,19,24)(H,25,26). The molecule has 4 heterocycles. The number of carboxylic acid groups (broad SMARTS) is 1. The minimum Gasteiger partial charge on any atom is -0.493 e. The Kier molecular flexibility index (Phi) is 4.32. The van der Waals surface area contributed by atoms with Crippen molar-refractivity contribution in [3.8, 4) is 5.88 Å². The Morgan fingerprint density at radius 1 is 1.33 bits per heavy atom. The number of hydrogen-bond donors (Lipinski definition) is 2. The zero-order valence-corrected chi connectivity index (χ0v) is 14.1. The summed E-state index contributed by atoms with van der Waals surface area (Å²) in [6.07, 6.45) is 4.28. The molecule has 0 amide bonds. The van der Waals surface area contributed by atoms with Crippen molar-refractivity contribution in [3.63, 3.8) is 0 Å². The molecule has 3 aromatic rings. The second kappa shape index (κ2) is 6.80. The molecule has 0 aliphatic carbocycles. The van der Waals surface area contributed by atoms with Crippen molar-refractivity contribution in [3.05, 3.63) is 47.7 Å². The second-order valence-corrected chi connectivity index (χ2v) is 6.09. The number of aromatic hydroxyl groups is 1. The van der Waals surface area contributed by atoms with Gasteiger partial charge in [0.05, 0.1) is 25.0 Å². The van der Waals surface area contributed by atoms with E-state index < -0.39 is 17.8 Å². The van der Waals surface area contributed by atoms with E-state index in [0.29, 0.717) is 37.6 Å². The molecule has 1 aliphatic rings. The van der Waals surface area contributed by atoms with Crippen LogP contribution >= 0.6 is 0 Å². The summed E-state index contributed by atoms with van der Waals surface area (Å²) >= 11 is 0. The molecule has 0 saturated carbocycles. The lowest BCUT2D eigenvalue weighted by molar-refractivity contribution is 0.0698.